The smallest absolute Gasteiger partial charge is 0.260 e. The van der Waals surface area contributed by atoms with Crippen molar-refractivity contribution in [2.24, 2.45) is 0 Å². The van der Waals surface area contributed by atoms with Gasteiger partial charge in [-0.25, -0.2) is 0 Å². The van der Waals surface area contributed by atoms with Gasteiger partial charge in [0.2, 0.25) is 0 Å². The van der Waals surface area contributed by atoms with E-state index in [1.807, 2.05) is 0 Å². The van der Waals surface area contributed by atoms with Crippen molar-refractivity contribution in [2.45, 2.75) is 131 Å². The summed E-state index contributed by atoms with van der Waals surface area (Å²) in [5.41, 5.74) is 14.9. The molecule has 0 spiro atoms. The standard InChI is InChI=1S/C62H64BN3O2/c1-9-11-13-21-33-64-47-26-18-15-23-42(47)54-58-55(43-24-16-19-27-48(43)65(58)34-22-14-12-10-2)60-56(59(54)64)44-25-17-20-28-49(44)66(60)41-37-52-57-53(38-41)68-51-32-30-40(62(6,7)8)36-46(51)63(57)45-35-39(61(3,4)5)29-31-50(45)67-52/h15-20,23-32,35-38H,9-14,21-22,33-34H2,1-8H3. The van der Waals surface area contributed by atoms with Crippen molar-refractivity contribution in [3.05, 3.63) is 132 Å². The van der Waals surface area contributed by atoms with Gasteiger partial charge in [-0.05, 0) is 76.1 Å². The molecule has 5 heterocycles. The summed E-state index contributed by atoms with van der Waals surface area (Å²) in [6, 6.07) is 45.9. The van der Waals surface area contributed by atoms with Gasteiger partial charge in [0, 0.05) is 74.0 Å². The summed E-state index contributed by atoms with van der Waals surface area (Å²) >= 11 is 0. The van der Waals surface area contributed by atoms with Gasteiger partial charge in [-0.3, -0.25) is 0 Å². The molecular weight excluding hydrogens is 830 g/mol. The first-order valence-corrected chi connectivity index (χ1v) is 25.7. The molecule has 3 aromatic heterocycles. The number of para-hydroxylation sites is 3. The van der Waals surface area contributed by atoms with Crippen LogP contribution >= 0.6 is 0 Å². The van der Waals surface area contributed by atoms with E-state index in [0.717, 1.165) is 60.1 Å². The van der Waals surface area contributed by atoms with Crippen molar-refractivity contribution in [3.63, 3.8) is 0 Å². The third-order valence-electron chi connectivity index (χ3n) is 15.4. The first kappa shape index (κ1) is 42.9. The number of nitrogens with zero attached hydrogens (tertiary/aromatic N) is 3. The predicted octanol–water partition coefficient (Wildman–Crippen LogP) is 15.5. The molecule has 0 bridgehead atoms. The molecule has 342 valence electrons. The molecule has 0 saturated heterocycles. The summed E-state index contributed by atoms with van der Waals surface area (Å²) in [4.78, 5) is 0. The van der Waals surface area contributed by atoms with E-state index in [2.05, 4.69) is 190 Å². The highest BCUT2D eigenvalue weighted by molar-refractivity contribution is 6.98. The molecule has 0 fully saturated rings. The van der Waals surface area contributed by atoms with Crippen molar-refractivity contribution in [1.29, 1.82) is 0 Å². The average molecular weight is 894 g/mol. The molecule has 0 saturated carbocycles. The molecule has 12 rings (SSSR count). The summed E-state index contributed by atoms with van der Waals surface area (Å²) in [5, 5.41) is 7.91. The molecule has 7 aromatic carbocycles. The molecule has 0 unspecified atom stereocenters. The van der Waals surface area contributed by atoms with E-state index < -0.39 is 0 Å². The second kappa shape index (κ2) is 16.1. The minimum absolute atomic E-state index is 0.0175. The Kier molecular flexibility index (Phi) is 10.2. The number of unbranched alkanes of at least 4 members (excludes halogenated alkanes) is 6. The molecule has 5 nitrogen and oxygen atoms in total. The molecule has 68 heavy (non-hydrogen) atoms. The fourth-order valence-corrected chi connectivity index (χ4v) is 12.0. The van der Waals surface area contributed by atoms with Gasteiger partial charge in [0.25, 0.3) is 6.71 Å². The monoisotopic (exact) mass is 894 g/mol. The van der Waals surface area contributed by atoms with Gasteiger partial charge in [0.05, 0.1) is 27.8 Å². The number of fused-ring (bicyclic) bond motifs is 16. The fourth-order valence-electron chi connectivity index (χ4n) is 12.0. The highest BCUT2D eigenvalue weighted by Crippen LogP contribution is 2.50. The average Bonchev–Trinajstić information content (AvgIpc) is 3.96. The van der Waals surface area contributed by atoms with Crippen molar-refractivity contribution >= 4 is 88.5 Å². The number of aryl methyl sites for hydroxylation is 2. The Morgan fingerprint density at radius 2 is 0.868 bits per heavy atom. The number of aromatic nitrogens is 3. The van der Waals surface area contributed by atoms with E-state index in [4.69, 9.17) is 9.47 Å². The van der Waals surface area contributed by atoms with Gasteiger partial charge >= 0.3 is 0 Å². The molecule has 0 amide bonds. The van der Waals surface area contributed by atoms with E-state index in [0.29, 0.717) is 0 Å². The summed E-state index contributed by atoms with van der Waals surface area (Å²) in [7, 11) is 0. The molecular formula is C62H64BN3O2. The van der Waals surface area contributed by atoms with Crippen LogP contribution in [-0.2, 0) is 23.9 Å². The van der Waals surface area contributed by atoms with Crippen LogP contribution in [0.4, 0.5) is 0 Å². The quantitative estimate of drug-likeness (QED) is 0.0957. The highest BCUT2D eigenvalue weighted by Gasteiger charge is 2.42. The normalized spacial score (nSPS) is 13.5. The van der Waals surface area contributed by atoms with Gasteiger partial charge in [0.15, 0.2) is 0 Å². The molecule has 0 radical (unpaired) electrons. The first-order chi connectivity index (χ1) is 33.0. The minimum Gasteiger partial charge on any atom is -0.458 e. The Balaban J connectivity index is 1.20. The SMILES string of the molecule is CCCCCCn1c2ccccc2c2c1c1c3ccccc3n(-c3cc4c5c(c3)Oc3ccc(C(C)(C)C)cc3B5c3cc(C(C)(C)C)ccc3O4)c1c1c3ccccc3n(CCCCCC)c21. The van der Waals surface area contributed by atoms with E-state index in [1.165, 1.54) is 126 Å². The summed E-state index contributed by atoms with van der Waals surface area (Å²) < 4.78 is 22.3. The number of benzene rings is 7. The van der Waals surface area contributed by atoms with Gasteiger partial charge in [0.1, 0.15) is 23.0 Å². The van der Waals surface area contributed by atoms with Gasteiger partial charge < -0.3 is 23.2 Å². The fraction of sp³-hybridized carbons (Fsp3) is 0.323. The molecule has 2 aliphatic heterocycles. The van der Waals surface area contributed by atoms with Gasteiger partial charge in [-0.2, -0.15) is 0 Å². The Morgan fingerprint density at radius 1 is 0.441 bits per heavy atom. The van der Waals surface area contributed by atoms with Gasteiger partial charge in [-0.1, -0.05) is 173 Å². The second-order valence-electron chi connectivity index (χ2n) is 22.0. The number of rotatable bonds is 11. The number of ether oxygens (including phenoxy) is 2. The third kappa shape index (κ3) is 6.56. The Hall–Kier alpha value is -6.40. The highest BCUT2D eigenvalue weighted by atomic mass is 16.5. The largest absolute Gasteiger partial charge is 0.458 e. The lowest BCUT2D eigenvalue weighted by atomic mass is 9.34. The Labute approximate surface area is 401 Å². The zero-order chi connectivity index (χ0) is 46.6. The zero-order valence-electron chi connectivity index (χ0n) is 41.4. The van der Waals surface area contributed by atoms with Crippen LogP contribution in [0.5, 0.6) is 23.0 Å². The predicted molar refractivity (Wildman–Crippen MR) is 290 cm³/mol. The Bertz CT molecular complexity index is 3510. The van der Waals surface area contributed by atoms with Crippen LogP contribution in [-0.4, -0.2) is 20.4 Å². The van der Waals surface area contributed by atoms with Crippen LogP contribution in [0.3, 0.4) is 0 Å². The van der Waals surface area contributed by atoms with Crippen LogP contribution in [0.1, 0.15) is 118 Å². The maximum absolute atomic E-state index is 7.19. The van der Waals surface area contributed by atoms with Crippen LogP contribution in [0.25, 0.3) is 71.1 Å². The van der Waals surface area contributed by atoms with E-state index >= 15 is 0 Å². The number of hydrogen-bond acceptors (Lipinski definition) is 2. The van der Waals surface area contributed by atoms with Gasteiger partial charge in [-0.15, -0.1) is 0 Å². The zero-order valence-corrected chi connectivity index (χ0v) is 41.4. The first-order valence-electron chi connectivity index (χ1n) is 25.7. The van der Waals surface area contributed by atoms with E-state index in [9.17, 15) is 0 Å². The lowest BCUT2D eigenvalue weighted by Gasteiger charge is -2.35. The van der Waals surface area contributed by atoms with Crippen LogP contribution in [0, 0.1) is 0 Å². The molecule has 0 atom stereocenters. The third-order valence-corrected chi connectivity index (χ3v) is 15.4. The molecule has 2 aliphatic rings. The van der Waals surface area contributed by atoms with Crippen LogP contribution in [0.2, 0.25) is 0 Å². The topological polar surface area (TPSA) is 33.2 Å². The van der Waals surface area contributed by atoms with Crippen LogP contribution < -0.4 is 25.9 Å². The van der Waals surface area contributed by atoms with Crippen molar-refractivity contribution in [3.8, 4) is 28.7 Å². The minimum atomic E-state index is -0.0373. The molecule has 0 N–H and O–H groups in total. The maximum Gasteiger partial charge on any atom is 0.260 e. The van der Waals surface area contributed by atoms with E-state index in [-0.39, 0.29) is 17.5 Å². The summed E-state index contributed by atoms with van der Waals surface area (Å²) in [5.74, 6) is 3.55. The lowest BCUT2D eigenvalue weighted by molar-refractivity contribution is 0.463. The van der Waals surface area contributed by atoms with Crippen molar-refractivity contribution < 1.29 is 9.47 Å². The maximum atomic E-state index is 7.19. The molecule has 6 heteroatoms. The number of hydrogen-bond donors (Lipinski definition) is 0. The van der Waals surface area contributed by atoms with Crippen LogP contribution in [0.15, 0.2) is 121 Å². The summed E-state index contributed by atoms with van der Waals surface area (Å²) in [6.45, 7) is 20.3. The Morgan fingerprint density at radius 3 is 1.32 bits per heavy atom. The summed E-state index contributed by atoms with van der Waals surface area (Å²) in [6.07, 6.45) is 9.64. The van der Waals surface area contributed by atoms with E-state index in [1.54, 1.807) is 0 Å². The molecule has 10 aromatic rings. The lowest BCUT2D eigenvalue weighted by Crippen LogP contribution is -2.57. The van der Waals surface area contributed by atoms with Crippen molar-refractivity contribution in [2.75, 3.05) is 0 Å². The molecule has 0 aliphatic carbocycles. The van der Waals surface area contributed by atoms with Crippen molar-refractivity contribution in [1.82, 2.24) is 13.7 Å². The second-order valence-corrected chi connectivity index (χ2v) is 22.0.